The van der Waals surface area contributed by atoms with Crippen molar-refractivity contribution in [3.8, 4) is 0 Å². The van der Waals surface area contributed by atoms with Crippen molar-refractivity contribution in [2.45, 2.75) is 23.0 Å². The van der Waals surface area contributed by atoms with Gasteiger partial charge in [0.25, 0.3) is 0 Å². The van der Waals surface area contributed by atoms with E-state index < -0.39 is 21.9 Å². The molecule has 0 aliphatic rings. The second-order valence-corrected chi connectivity index (χ2v) is 6.67. The van der Waals surface area contributed by atoms with Gasteiger partial charge in [-0.1, -0.05) is 44.8 Å². The number of esters is 1. The van der Waals surface area contributed by atoms with E-state index in [0.29, 0.717) is 0 Å². The van der Waals surface area contributed by atoms with Gasteiger partial charge in [0.2, 0.25) is 0 Å². The van der Waals surface area contributed by atoms with Crippen LogP contribution in [0.4, 0.5) is 8.78 Å². The Morgan fingerprint density at radius 2 is 2.11 bits per heavy atom. The molecular weight excluding hydrogens is 374 g/mol. The molecule has 1 aromatic rings. The molecule has 0 bridgehead atoms. The first-order chi connectivity index (χ1) is 8.27. The fraction of sp³-hybridized carbons (Fsp3) is 0.417. The quantitative estimate of drug-likeness (QED) is 0.580. The first kappa shape index (κ1) is 15.6. The summed E-state index contributed by atoms with van der Waals surface area (Å²) in [5.74, 6) is -1.80. The Balaban J connectivity index is 3.14. The van der Waals surface area contributed by atoms with Crippen LogP contribution in [0.1, 0.15) is 19.4 Å². The summed E-state index contributed by atoms with van der Waals surface area (Å²) in [4.78, 5) is 10.6. The minimum atomic E-state index is -0.948. The molecule has 1 aromatic carbocycles. The number of ether oxygens (including phenoxy) is 1. The van der Waals surface area contributed by atoms with Crippen molar-refractivity contribution in [2.75, 3.05) is 6.61 Å². The van der Waals surface area contributed by atoms with Crippen LogP contribution < -0.4 is 0 Å². The maximum atomic E-state index is 13.8. The molecule has 0 aliphatic heterocycles. The first-order valence-electron chi connectivity index (χ1n) is 5.19. The SMILES string of the molecule is CC(=O)OC[C@](Br)(c1ccc(F)cc1F)[C@@H](C)Br. The highest BCUT2D eigenvalue weighted by Gasteiger charge is 2.38. The highest BCUT2D eigenvalue weighted by molar-refractivity contribution is 9.12. The fourth-order valence-corrected chi connectivity index (χ4v) is 2.25. The van der Waals surface area contributed by atoms with Crippen LogP contribution in [0.2, 0.25) is 0 Å². The predicted octanol–water partition coefficient (Wildman–Crippen LogP) is 3.90. The lowest BCUT2D eigenvalue weighted by Crippen LogP contribution is -2.34. The summed E-state index contributed by atoms with van der Waals surface area (Å²) in [5.41, 5.74) is 0.231. The van der Waals surface area contributed by atoms with E-state index in [1.807, 2.05) is 0 Å². The molecule has 0 radical (unpaired) electrons. The Kier molecular flexibility index (Phi) is 5.28. The van der Waals surface area contributed by atoms with Crippen molar-refractivity contribution >= 4 is 37.8 Å². The standard InChI is InChI=1S/C12H12Br2F2O2/c1-7(13)12(14,6-18-8(2)17)10-4-3-9(15)5-11(10)16/h3-5,7H,6H2,1-2H3/t7-,12-/m1/s1. The van der Waals surface area contributed by atoms with Crippen LogP contribution in [0.3, 0.4) is 0 Å². The summed E-state index contributed by atoms with van der Waals surface area (Å²) < 4.78 is 30.7. The molecule has 0 fully saturated rings. The van der Waals surface area contributed by atoms with Crippen molar-refractivity contribution in [3.05, 3.63) is 35.4 Å². The summed E-state index contributed by atoms with van der Waals surface area (Å²) in [6, 6.07) is 3.30. The van der Waals surface area contributed by atoms with E-state index in [9.17, 15) is 13.6 Å². The molecule has 0 heterocycles. The highest BCUT2D eigenvalue weighted by atomic mass is 79.9. The molecule has 1 rings (SSSR count). The summed E-state index contributed by atoms with van der Waals surface area (Å²) in [5, 5.41) is 0. The van der Waals surface area contributed by atoms with Crippen LogP contribution in [-0.4, -0.2) is 17.4 Å². The number of benzene rings is 1. The summed E-state index contributed by atoms with van der Waals surface area (Å²) in [7, 11) is 0. The molecule has 0 aromatic heterocycles. The van der Waals surface area contributed by atoms with Gasteiger partial charge in [-0.05, 0) is 6.07 Å². The topological polar surface area (TPSA) is 26.3 Å². The lowest BCUT2D eigenvalue weighted by Gasteiger charge is -2.30. The molecule has 0 amide bonds. The summed E-state index contributed by atoms with van der Waals surface area (Å²) in [6.45, 7) is 2.99. The van der Waals surface area contributed by atoms with E-state index in [-0.39, 0.29) is 17.0 Å². The van der Waals surface area contributed by atoms with Gasteiger partial charge in [0.15, 0.2) is 0 Å². The zero-order valence-corrected chi connectivity index (χ0v) is 13.0. The second-order valence-electron chi connectivity index (χ2n) is 3.88. The molecular formula is C12H12Br2F2O2. The Bertz CT molecular complexity index is 452. The number of hydrogen-bond acceptors (Lipinski definition) is 2. The van der Waals surface area contributed by atoms with E-state index in [4.69, 9.17) is 4.74 Å². The van der Waals surface area contributed by atoms with Crippen molar-refractivity contribution < 1.29 is 18.3 Å². The number of alkyl halides is 2. The Morgan fingerprint density at radius 3 is 2.56 bits per heavy atom. The maximum Gasteiger partial charge on any atom is 0.302 e. The van der Waals surface area contributed by atoms with E-state index >= 15 is 0 Å². The zero-order valence-electron chi connectivity index (χ0n) is 9.84. The lowest BCUT2D eigenvalue weighted by atomic mass is 9.96. The van der Waals surface area contributed by atoms with Gasteiger partial charge < -0.3 is 4.74 Å². The second kappa shape index (κ2) is 6.10. The monoisotopic (exact) mass is 384 g/mol. The number of carbonyl (C=O) groups is 1. The van der Waals surface area contributed by atoms with Crippen molar-refractivity contribution in [3.63, 3.8) is 0 Å². The molecule has 6 heteroatoms. The van der Waals surface area contributed by atoms with Gasteiger partial charge in [0, 0.05) is 23.4 Å². The van der Waals surface area contributed by atoms with E-state index in [1.54, 1.807) is 6.92 Å². The summed E-state index contributed by atoms with van der Waals surface area (Å²) in [6.07, 6.45) is 0. The van der Waals surface area contributed by atoms with Crippen LogP contribution in [0.15, 0.2) is 18.2 Å². The molecule has 100 valence electrons. The molecule has 2 nitrogen and oxygen atoms in total. The van der Waals surface area contributed by atoms with Crippen LogP contribution in [0.25, 0.3) is 0 Å². The van der Waals surface area contributed by atoms with E-state index in [2.05, 4.69) is 31.9 Å². The van der Waals surface area contributed by atoms with Crippen LogP contribution >= 0.6 is 31.9 Å². The van der Waals surface area contributed by atoms with Crippen molar-refractivity contribution in [1.29, 1.82) is 0 Å². The minimum Gasteiger partial charge on any atom is -0.464 e. The molecule has 0 unspecified atom stereocenters. The third kappa shape index (κ3) is 3.51. The van der Waals surface area contributed by atoms with Crippen LogP contribution in [0, 0.1) is 11.6 Å². The maximum absolute atomic E-state index is 13.8. The van der Waals surface area contributed by atoms with E-state index in [1.165, 1.54) is 13.0 Å². The predicted molar refractivity (Wildman–Crippen MR) is 72.0 cm³/mol. The van der Waals surface area contributed by atoms with Gasteiger partial charge >= 0.3 is 5.97 Å². The fourth-order valence-electron chi connectivity index (χ4n) is 1.44. The molecule has 18 heavy (non-hydrogen) atoms. The summed E-state index contributed by atoms with van der Waals surface area (Å²) >= 11 is 6.71. The average molecular weight is 386 g/mol. The minimum absolute atomic E-state index is 0.0582. The highest BCUT2D eigenvalue weighted by Crippen LogP contribution is 2.40. The third-order valence-corrected chi connectivity index (χ3v) is 5.23. The van der Waals surface area contributed by atoms with Gasteiger partial charge in [-0.25, -0.2) is 8.78 Å². The Hall–Kier alpha value is -0.490. The van der Waals surface area contributed by atoms with Gasteiger partial charge in [0.1, 0.15) is 18.2 Å². The van der Waals surface area contributed by atoms with Gasteiger partial charge in [-0.15, -0.1) is 0 Å². The van der Waals surface area contributed by atoms with Crippen molar-refractivity contribution in [2.24, 2.45) is 0 Å². The number of carbonyl (C=O) groups excluding carboxylic acids is 1. The average Bonchev–Trinajstić information content (AvgIpc) is 2.25. The van der Waals surface area contributed by atoms with Gasteiger partial charge in [0.05, 0.1) is 4.32 Å². The normalized spacial score (nSPS) is 15.9. The van der Waals surface area contributed by atoms with Gasteiger partial charge in [-0.3, -0.25) is 4.79 Å². The van der Waals surface area contributed by atoms with E-state index in [0.717, 1.165) is 12.1 Å². The van der Waals surface area contributed by atoms with Gasteiger partial charge in [-0.2, -0.15) is 0 Å². The lowest BCUT2D eigenvalue weighted by molar-refractivity contribution is -0.141. The molecule has 0 saturated heterocycles. The molecule has 0 aliphatic carbocycles. The smallest absolute Gasteiger partial charge is 0.302 e. The molecule has 0 saturated carbocycles. The number of hydrogen-bond donors (Lipinski definition) is 0. The molecule has 0 N–H and O–H groups in total. The third-order valence-electron chi connectivity index (χ3n) is 2.49. The van der Waals surface area contributed by atoms with Crippen LogP contribution in [-0.2, 0) is 13.9 Å². The molecule has 0 spiro atoms. The molecule has 2 atom stereocenters. The Morgan fingerprint density at radius 1 is 1.50 bits per heavy atom. The number of rotatable bonds is 4. The van der Waals surface area contributed by atoms with Crippen molar-refractivity contribution in [1.82, 2.24) is 0 Å². The largest absolute Gasteiger partial charge is 0.464 e. The Labute approximate surface area is 121 Å². The first-order valence-corrected chi connectivity index (χ1v) is 6.90. The number of halogens is 4. The zero-order chi connectivity index (χ0) is 13.9. The van der Waals surface area contributed by atoms with Crippen LogP contribution in [0.5, 0.6) is 0 Å².